The van der Waals surface area contributed by atoms with Gasteiger partial charge in [0.1, 0.15) is 12.5 Å². The largest absolute Gasteiger partial charge is 0.478 e. The highest BCUT2D eigenvalue weighted by atomic mass is 31.0. The normalized spacial score (nSPS) is 13.3. The van der Waals surface area contributed by atoms with Crippen molar-refractivity contribution in [3.63, 3.8) is 0 Å². The third-order valence-electron chi connectivity index (χ3n) is 2.00. The molecule has 0 unspecified atom stereocenters. The number of hydrogen-bond donors (Lipinski definition) is 1. The highest BCUT2D eigenvalue weighted by Crippen LogP contribution is 2.23. The van der Waals surface area contributed by atoms with Crippen molar-refractivity contribution in [2.75, 3.05) is 6.73 Å². The van der Waals surface area contributed by atoms with Gasteiger partial charge in [-0.1, -0.05) is 12.1 Å². The van der Waals surface area contributed by atoms with Crippen molar-refractivity contribution in [2.24, 2.45) is 0 Å². The maximum absolute atomic E-state index is 7.94. The van der Waals surface area contributed by atoms with Crippen LogP contribution in [0.3, 0.4) is 0 Å². The van der Waals surface area contributed by atoms with E-state index in [0.29, 0.717) is 6.73 Å². The number of rotatable bonds is 0. The van der Waals surface area contributed by atoms with Gasteiger partial charge in [0.05, 0.1) is 0 Å². The summed E-state index contributed by atoms with van der Waals surface area (Å²) in [6, 6.07) is 6.15. The summed E-state index contributed by atoms with van der Waals surface area (Å²) in [5.41, 5.74) is 2.59. The number of nitrogens with one attached hydrogen (secondary N) is 1. The third-order valence-corrected chi connectivity index (χ3v) is 2.00. The molecule has 1 heterocycles. The lowest BCUT2D eigenvalue weighted by Gasteiger charge is -2.19. The summed E-state index contributed by atoms with van der Waals surface area (Å²) in [6.07, 6.45) is 0. The molecule has 1 aromatic rings. The second kappa shape index (κ2) is 4.95. The molecule has 0 aromatic heterocycles. The second-order valence-corrected chi connectivity index (χ2v) is 2.77. The first-order chi connectivity index (χ1) is 6.38. The van der Waals surface area contributed by atoms with Gasteiger partial charge in [0.2, 0.25) is 0 Å². The van der Waals surface area contributed by atoms with Crippen LogP contribution in [0.1, 0.15) is 11.1 Å². The molecule has 1 aromatic carbocycles. The minimum Gasteiger partial charge on any atom is -0.478 e. The standard InChI is InChI=1S/C9H11NO.OP/c1-7-3-2-4-9-8(7)5-10-6-11-9;1-2/h2-4,10H,5-6H2,1H3;. The van der Waals surface area contributed by atoms with Crippen molar-refractivity contribution in [3.05, 3.63) is 29.3 Å². The maximum Gasteiger partial charge on any atom is 0.261 e. The minimum atomic E-state index is 0.635. The van der Waals surface area contributed by atoms with Crippen molar-refractivity contribution in [2.45, 2.75) is 13.5 Å². The average Bonchev–Trinajstić information content (AvgIpc) is 2.22. The Morgan fingerprint density at radius 3 is 2.92 bits per heavy atom. The molecule has 0 bridgehead atoms. The number of hydrogen-bond acceptors (Lipinski definition) is 3. The Bertz CT molecular complexity index is 291. The van der Waals surface area contributed by atoms with E-state index in [2.05, 4.69) is 27.4 Å². The lowest BCUT2D eigenvalue weighted by molar-refractivity contribution is 0.256. The van der Waals surface area contributed by atoms with E-state index in [-0.39, 0.29) is 0 Å². The molecule has 1 radical (unpaired) electrons. The lowest BCUT2D eigenvalue weighted by Crippen LogP contribution is -2.25. The molecule has 0 spiro atoms. The van der Waals surface area contributed by atoms with Crippen molar-refractivity contribution in [3.8, 4) is 5.75 Å². The first-order valence-corrected chi connectivity index (χ1v) is 4.35. The minimum absolute atomic E-state index is 0.635. The fraction of sp³-hybridized carbons (Fsp3) is 0.333. The van der Waals surface area contributed by atoms with Gasteiger partial charge in [-0.3, -0.25) is 9.88 Å². The molecule has 0 saturated heterocycles. The smallest absolute Gasteiger partial charge is 0.261 e. The van der Waals surface area contributed by atoms with Gasteiger partial charge in [-0.15, -0.1) is 0 Å². The van der Waals surface area contributed by atoms with Crippen molar-refractivity contribution in [1.29, 1.82) is 0 Å². The molecule has 0 fully saturated rings. The number of benzene rings is 1. The molecule has 0 amide bonds. The van der Waals surface area contributed by atoms with Crippen LogP contribution in [-0.4, -0.2) is 6.73 Å². The highest BCUT2D eigenvalue weighted by Gasteiger charge is 2.09. The molecule has 1 aliphatic heterocycles. The average molecular weight is 196 g/mol. The van der Waals surface area contributed by atoms with E-state index in [4.69, 9.17) is 9.30 Å². The predicted octanol–water partition coefficient (Wildman–Crippen LogP) is 2.18. The van der Waals surface area contributed by atoms with Gasteiger partial charge in [-0.05, 0) is 18.6 Å². The summed E-state index contributed by atoms with van der Waals surface area (Å²) >= 11 is 0. The molecule has 1 N–H and O–H groups in total. The monoisotopic (exact) mass is 196 g/mol. The maximum atomic E-state index is 7.94. The SMILES string of the molecule is Cc1cccc2c1CNCO2.O=[P]. The van der Waals surface area contributed by atoms with Crippen molar-refractivity contribution >= 4 is 9.12 Å². The lowest BCUT2D eigenvalue weighted by atomic mass is 10.1. The van der Waals surface area contributed by atoms with E-state index in [9.17, 15) is 0 Å². The summed E-state index contributed by atoms with van der Waals surface area (Å²) in [7, 11) is 2.28. The first-order valence-electron chi connectivity index (χ1n) is 3.98. The van der Waals surface area contributed by atoms with E-state index in [1.165, 1.54) is 11.1 Å². The van der Waals surface area contributed by atoms with Gasteiger partial charge in [0.25, 0.3) is 9.12 Å². The Balaban J connectivity index is 0.000000396. The second-order valence-electron chi connectivity index (χ2n) is 2.77. The quantitative estimate of drug-likeness (QED) is 0.646. The van der Waals surface area contributed by atoms with Gasteiger partial charge >= 0.3 is 0 Å². The van der Waals surface area contributed by atoms with Crippen LogP contribution in [0.4, 0.5) is 0 Å². The van der Waals surface area contributed by atoms with Crippen molar-refractivity contribution in [1.82, 2.24) is 5.32 Å². The van der Waals surface area contributed by atoms with E-state index in [0.717, 1.165) is 12.3 Å². The van der Waals surface area contributed by atoms with E-state index in [1.54, 1.807) is 0 Å². The number of ether oxygens (including phenoxy) is 1. The number of fused-ring (bicyclic) bond motifs is 1. The third kappa shape index (κ3) is 2.27. The van der Waals surface area contributed by atoms with Crippen LogP contribution in [0.15, 0.2) is 18.2 Å². The van der Waals surface area contributed by atoms with Crippen LogP contribution in [0, 0.1) is 6.92 Å². The zero-order chi connectivity index (χ0) is 9.68. The molecular weight excluding hydrogens is 185 g/mol. The predicted molar refractivity (Wildman–Crippen MR) is 51.1 cm³/mol. The summed E-state index contributed by atoms with van der Waals surface area (Å²) in [5, 5.41) is 3.16. The van der Waals surface area contributed by atoms with Crippen LogP contribution >= 0.6 is 9.12 Å². The summed E-state index contributed by atoms with van der Waals surface area (Å²) in [4.78, 5) is 0. The molecule has 2 rings (SSSR count). The molecule has 0 aliphatic carbocycles. The Labute approximate surface area is 79.7 Å². The summed E-state index contributed by atoms with van der Waals surface area (Å²) < 4.78 is 13.3. The zero-order valence-corrected chi connectivity index (χ0v) is 8.30. The van der Waals surface area contributed by atoms with Gasteiger partial charge in [0.15, 0.2) is 0 Å². The number of aryl methyl sites for hydroxylation is 1. The Morgan fingerprint density at radius 1 is 1.46 bits per heavy atom. The van der Waals surface area contributed by atoms with Crippen molar-refractivity contribution < 1.29 is 9.30 Å². The molecule has 1 aliphatic rings. The van der Waals surface area contributed by atoms with Gasteiger partial charge < -0.3 is 4.74 Å². The van der Waals surface area contributed by atoms with Gasteiger partial charge in [-0.2, -0.15) is 0 Å². The molecule has 3 nitrogen and oxygen atoms in total. The van der Waals surface area contributed by atoms with E-state index < -0.39 is 0 Å². The summed E-state index contributed by atoms with van der Waals surface area (Å²) in [6.45, 7) is 3.67. The molecule has 69 valence electrons. The topological polar surface area (TPSA) is 38.3 Å². The Morgan fingerprint density at radius 2 is 2.23 bits per heavy atom. The van der Waals surface area contributed by atoms with E-state index in [1.807, 2.05) is 12.1 Å². The van der Waals surface area contributed by atoms with Crippen LogP contribution < -0.4 is 10.1 Å². The van der Waals surface area contributed by atoms with Gasteiger partial charge in [-0.25, -0.2) is 0 Å². The van der Waals surface area contributed by atoms with Crippen LogP contribution in [0.25, 0.3) is 0 Å². The zero-order valence-electron chi connectivity index (χ0n) is 7.41. The van der Waals surface area contributed by atoms with Crippen LogP contribution in [0.5, 0.6) is 5.75 Å². The summed E-state index contributed by atoms with van der Waals surface area (Å²) in [5.74, 6) is 1.03. The Hall–Kier alpha value is -0.920. The van der Waals surface area contributed by atoms with Gasteiger partial charge in [0, 0.05) is 12.1 Å². The van der Waals surface area contributed by atoms with E-state index >= 15 is 0 Å². The van der Waals surface area contributed by atoms with Crippen LogP contribution in [0.2, 0.25) is 0 Å². The molecule has 4 heteroatoms. The first kappa shape index (κ1) is 10.2. The fourth-order valence-electron chi connectivity index (χ4n) is 1.34. The highest BCUT2D eigenvalue weighted by molar-refractivity contribution is 7.00. The fourth-order valence-corrected chi connectivity index (χ4v) is 1.34. The molecule has 0 atom stereocenters. The Kier molecular flexibility index (Phi) is 3.87. The molecule has 0 saturated carbocycles. The molecule has 13 heavy (non-hydrogen) atoms. The molecular formula is C9H11NO2P. The van der Waals surface area contributed by atoms with Crippen LogP contribution in [-0.2, 0) is 11.1 Å².